The first-order valence-corrected chi connectivity index (χ1v) is 4.97. The van der Waals surface area contributed by atoms with Crippen molar-refractivity contribution in [1.82, 2.24) is 0 Å². The lowest BCUT2D eigenvalue weighted by Crippen LogP contribution is -2.06. The zero-order chi connectivity index (χ0) is 5.82. The smallest absolute Gasteiger partial charge is 0.213 e. The highest BCUT2D eigenvalue weighted by atomic mass is 33.1. The lowest BCUT2D eigenvalue weighted by molar-refractivity contribution is 0.550. The maximum absolute atomic E-state index is 10.0. The topological polar surface area (TPSA) is 17.1 Å². The molecule has 45 valence electrons. The van der Waals surface area contributed by atoms with Crippen molar-refractivity contribution >= 4 is 27.9 Å². The summed E-state index contributed by atoms with van der Waals surface area (Å²) in [5, 5.41) is 0.161. The molecule has 1 heterocycles. The third kappa shape index (κ3) is 1.71. The van der Waals surface area contributed by atoms with Gasteiger partial charge in [-0.1, -0.05) is 21.6 Å². The van der Waals surface area contributed by atoms with Crippen LogP contribution in [0.15, 0.2) is 0 Å². The van der Waals surface area contributed by atoms with Gasteiger partial charge in [0.15, 0.2) is 0 Å². The number of hydrogen-bond donors (Lipinski definition) is 0. The summed E-state index contributed by atoms with van der Waals surface area (Å²) in [6, 6.07) is 0. The summed E-state index contributed by atoms with van der Waals surface area (Å²) in [4.78, 5) is 10.0. The van der Waals surface area contributed by atoms with Gasteiger partial charge >= 0.3 is 0 Å². The second-order valence-corrected chi connectivity index (χ2v) is 4.36. The third-order valence-electron chi connectivity index (χ3n) is 1.01. The Morgan fingerprint density at radius 1 is 1.62 bits per heavy atom. The van der Waals surface area contributed by atoms with Crippen LogP contribution < -0.4 is 0 Å². The first-order valence-electron chi connectivity index (χ1n) is 2.59. The predicted octanol–water partition coefficient (Wildman–Crippen LogP) is 1.64. The second-order valence-electron chi connectivity index (χ2n) is 1.67. The molecule has 1 fully saturated rings. The van der Waals surface area contributed by atoms with Crippen molar-refractivity contribution in [1.29, 1.82) is 0 Å². The molecule has 0 spiro atoms. The lowest BCUT2D eigenvalue weighted by atomic mass is 10.3. The van der Waals surface area contributed by atoms with Crippen LogP contribution in [0.5, 0.6) is 0 Å². The molecule has 0 aromatic carbocycles. The summed E-state index contributed by atoms with van der Waals surface area (Å²) >= 11 is 0. The Labute approximate surface area is 57.0 Å². The maximum atomic E-state index is 10.0. The molecule has 0 aromatic rings. The van der Waals surface area contributed by atoms with Crippen LogP contribution in [0.4, 0.5) is 0 Å². The summed E-state index contributed by atoms with van der Waals surface area (Å²) < 4.78 is 0. The number of rotatable bonds is 1. The van der Waals surface area contributed by atoms with Crippen molar-refractivity contribution in [3.8, 4) is 0 Å². The van der Waals surface area contributed by atoms with Gasteiger partial charge in [-0.15, -0.1) is 0 Å². The standard InChI is InChI=1S/C5H7OS2/c6-4-5-2-1-3-7-8-5/h5H,1-3H2. The van der Waals surface area contributed by atoms with Crippen LogP contribution in [0.1, 0.15) is 12.8 Å². The van der Waals surface area contributed by atoms with E-state index in [0.29, 0.717) is 0 Å². The van der Waals surface area contributed by atoms with Gasteiger partial charge in [0, 0.05) is 5.75 Å². The first-order chi connectivity index (χ1) is 3.93. The molecule has 0 saturated carbocycles. The van der Waals surface area contributed by atoms with E-state index < -0.39 is 0 Å². The SMILES string of the molecule is O=[C]C1CCCSS1. The van der Waals surface area contributed by atoms with E-state index in [1.807, 2.05) is 6.29 Å². The molecule has 1 atom stereocenters. The van der Waals surface area contributed by atoms with Gasteiger partial charge in [-0.25, -0.2) is 0 Å². The molecule has 0 aliphatic carbocycles. The average Bonchev–Trinajstić information content (AvgIpc) is 1.90. The van der Waals surface area contributed by atoms with Gasteiger partial charge in [0.1, 0.15) is 0 Å². The van der Waals surface area contributed by atoms with E-state index in [1.165, 1.54) is 12.2 Å². The summed E-state index contributed by atoms with van der Waals surface area (Å²) in [5.74, 6) is 1.20. The third-order valence-corrected chi connectivity index (χ3v) is 3.77. The zero-order valence-corrected chi connectivity index (χ0v) is 6.06. The van der Waals surface area contributed by atoms with Crippen molar-refractivity contribution in [2.75, 3.05) is 5.75 Å². The number of carbonyl (C=O) groups excluding carboxylic acids is 1. The van der Waals surface area contributed by atoms with Crippen LogP contribution in [-0.2, 0) is 4.79 Å². The first kappa shape index (κ1) is 6.49. The van der Waals surface area contributed by atoms with Crippen molar-refractivity contribution < 1.29 is 4.79 Å². The van der Waals surface area contributed by atoms with Crippen molar-refractivity contribution in [2.45, 2.75) is 18.1 Å². The van der Waals surface area contributed by atoms with Gasteiger partial charge in [0.25, 0.3) is 0 Å². The molecule has 0 bridgehead atoms. The molecule has 1 saturated heterocycles. The van der Waals surface area contributed by atoms with Crippen LogP contribution in [-0.4, -0.2) is 17.3 Å². The summed E-state index contributed by atoms with van der Waals surface area (Å²) in [5.41, 5.74) is 0. The average molecular weight is 147 g/mol. The monoisotopic (exact) mass is 147 g/mol. The number of hydrogen-bond acceptors (Lipinski definition) is 3. The highest BCUT2D eigenvalue weighted by Gasteiger charge is 2.13. The molecular formula is C5H7OS2. The van der Waals surface area contributed by atoms with E-state index in [2.05, 4.69) is 0 Å². The van der Waals surface area contributed by atoms with Crippen LogP contribution >= 0.6 is 21.6 Å². The minimum absolute atomic E-state index is 0.161. The highest BCUT2D eigenvalue weighted by Crippen LogP contribution is 2.34. The predicted molar refractivity (Wildman–Crippen MR) is 38.8 cm³/mol. The van der Waals surface area contributed by atoms with E-state index in [4.69, 9.17) is 0 Å². The molecule has 3 heteroatoms. The molecule has 1 aliphatic heterocycles. The molecule has 1 unspecified atom stereocenters. The Bertz CT molecular complexity index is 78.5. The highest BCUT2D eigenvalue weighted by molar-refractivity contribution is 8.77. The molecule has 1 rings (SSSR count). The Hall–Kier alpha value is 0.370. The molecule has 0 aromatic heterocycles. The molecule has 0 amide bonds. The van der Waals surface area contributed by atoms with E-state index in [0.717, 1.165) is 6.42 Å². The molecule has 1 aliphatic rings. The molecular weight excluding hydrogens is 140 g/mol. The van der Waals surface area contributed by atoms with E-state index >= 15 is 0 Å². The van der Waals surface area contributed by atoms with Crippen molar-refractivity contribution in [2.24, 2.45) is 0 Å². The minimum Gasteiger partial charge on any atom is -0.290 e. The fourth-order valence-electron chi connectivity index (χ4n) is 0.585. The Kier molecular flexibility index (Phi) is 2.76. The Balaban J connectivity index is 2.22. The van der Waals surface area contributed by atoms with Gasteiger partial charge in [0.05, 0.1) is 5.25 Å². The minimum atomic E-state index is 0.161. The summed E-state index contributed by atoms with van der Waals surface area (Å²) in [6.45, 7) is 0. The quantitative estimate of drug-likeness (QED) is 0.525. The fraction of sp³-hybridized carbons (Fsp3) is 0.800. The fourth-order valence-corrected chi connectivity index (χ4v) is 2.97. The lowest BCUT2D eigenvalue weighted by Gasteiger charge is -2.12. The van der Waals surface area contributed by atoms with Gasteiger partial charge < -0.3 is 0 Å². The van der Waals surface area contributed by atoms with E-state index in [-0.39, 0.29) is 5.25 Å². The Morgan fingerprint density at radius 3 is 2.88 bits per heavy atom. The molecule has 1 radical (unpaired) electrons. The largest absolute Gasteiger partial charge is 0.290 e. The molecule has 0 N–H and O–H groups in total. The van der Waals surface area contributed by atoms with Crippen LogP contribution in [0.2, 0.25) is 0 Å². The molecule has 1 nitrogen and oxygen atoms in total. The second kappa shape index (κ2) is 3.41. The molecule has 8 heavy (non-hydrogen) atoms. The van der Waals surface area contributed by atoms with Gasteiger partial charge in [-0.05, 0) is 12.8 Å². The maximum Gasteiger partial charge on any atom is 0.213 e. The van der Waals surface area contributed by atoms with Crippen molar-refractivity contribution in [3.05, 3.63) is 0 Å². The van der Waals surface area contributed by atoms with Gasteiger partial charge in [0.2, 0.25) is 6.29 Å². The zero-order valence-electron chi connectivity index (χ0n) is 4.42. The van der Waals surface area contributed by atoms with Crippen LogP contribution in [0.25, 0.3) is 0 Å². The Morgan fingerprint density at radius 2 is 2.50 bits per heavy atom. The van der Waals surface area contributed by atoms with E-state index in [1.54, 1.807) is 21.6 Å². The van der Waals surface area contributed by atoms with Crippen LogP contribution in [0.3, 0.4) is 0 Å². The normalized spacial score (nSPS) is 29.8. The van der Waals surface area contributed by atoms with Gasteiger partial charge in [-0.2, -0.15) is 0 Å². The van der Waals surface area contributed by atoms with Gasteiger partial charge in [-0.3, -0.25) is 4.79 Å². The summed E-state index contributed by atoms with van der Waals surface area (Å²) in [6.07, 6.45) is 4.20. The summed E-state index contributed by atoms with van der Waals surface area (Å²) in [7, 11) is 3.44. The van der Waals surface area contributed by atoms with Crippen molar-refractivity contribution in [3.63, 3.8) is 0 Å². The van der Waals surface area contributed by atoms with E-state index in [9.17, 15) is 4.79 Å². The van der Waals surface area contributed by atoms with Crippen LogP contribution in [0, 0.1) is 0 Å².